The number of hydrogen-bond donors (Lipinski definition) is 0. The highest BCUT2D eigenvalue weighted by atomic mass is 16.1. The van der Waals surface area contributed by atoms with Crippen LogP contribution in [-0.2, 0) is 4.79 Å². The molecule has 0 rings (SSSR count). The van der Waals surface area contributed by atoms with Crippen LogP contribution >= 0.6 is 0 Å². The molecule has 0 saturated carbocycles. The summed E-state index contributed by atoms with van der Waals surface area (Å²) < 4.78 is 0. The molecule has 0 radical (unpaired) electrons. The molecule has 0 spiro atoms. The molecule has 0 aromatic rings. The molecule has 0 N–H and O–H groups in total. The number of ketones is 1. The van der Waals surface area contributed by atoms with E-state index in [-0.39, 0.29) is 11.7 Å². The van der Waals surface area contributed by atoms with Gasteiger partial charge in [-0.1, -0.05) is 13.8 Å². The van der Waals surface area contributed by atoms with E-state index < -0.39 is 0 Å². The Bertz CT molecular complexity index is 119. The number of carbonyl (C=O) groups excluding carboxylic acids is 1. The highest BCUT2D eigenvalue weighted by Crippen LogP contribution is 1.99. The first kappa shape index (κ1) is 7.23. The number of carbonyl (C=O) groups is 1. The second-order valence-corrected chi connectivity index (χ2v) is 1.82. The average molecular weight is 110 g/mol. The van der Waals surface area contributed by atoms with Crippen LogP contribution in [0.1, 0.15) is 20.3 Å². The molecule has 0 aliphatic carbocycles. The van der Waals surface area contributed by atoms with E-state index in [2.05, 4.69) is 5.92 Å². The van der Waals surface area contributed by atoms with Gasteiger partial charge in [-0.05, 0) is 12.3 Å². The van der Waals surface area contributed by atoms with E-state index in [9.17, 15) is 4.79 Å². The lowest BCUT2D eigenvalue weighted by Crippen LogP contribution is -2.05. The van der Waals surface area contributed by atoms with Gasteiger partial charge >= 0.3 is 0 Å². The maximum Gasteiger partial charge on any atom is 0.207 e. The van der Waals surface area contributed by atoms with Gasteiger partial charge in [-0.15, -0.1) is 6.42 Å². The Morgan fingerprint density at radius 3 is 2.50 bits per heavy atom. The number of terminal acetylenes is 1. The third kappa shape index (κ3) is 1.79. The molecule has 0 unspecified atom stereocenters. The van der Waals surface area contributed by atoms with Gasteiger partial charge in [0.1, 0.15) is 0 Å². The maximum absolute atomic E-state index is 10.5. The van der Waals surface area contributed by atoms with Gasteiger partial charge in [0.2, 0.25) is 5.78 Å². The van der Waals surface area contributed by atoms with Crippen LogP contribution in [0.2, 0.25) is 0 Å². The number of hydrogen-bond acceptors (Lipinski definition) is 1. The van der Waals surface area contributed by atoms with E-state index in [4.69, 9.17) is 6.42 Å². The Labute approximate surface area is 50.1 Å². The molecular formula is C7H10O. The van der Waals surface area contributed by atoms with Crippen LogP contribution < -0.4 is 0 Å². The topological polar surface area (TPSA) is 17.1 Å². The summed E-state index contributed by atoms with van der Waals surface area (Å²) in [5.74, 6) is 2.03. The van der Waals surface area contributed by atoms with Crippen LogP contribution in [0.5, 0.6) is 0 Å². The van der Waals surface area contributed by atoms with Gasteiger partial charge in [-0.3, -0.25) is 4.79 Å². The van der Waals surface area contributed by atoms with E-state index >= 15 is 0 Å². The monoisotopic (exact) mass is 110 g/mol. The molecule has 0 amide bonds. The molecule has 8 heavy (non-hydrogen) atoms. The van der Waals surface area contributed by atoms with Crippen LogP contribution in [0.25, 0.3) is 0 Å². The molecule has 0 aliphatic heterocycles. The standard InChI is InChI=1S/C7H10O/c1-4-6(3)7(8)5-2/h2,6H,4H2,1,3H3/t6-/m0/s1. The van der Waals surface area contributed by atoms with E-state index in [1.807, 2.05) is 13.8 Å². The number of Topliss-reactive ketones (excluding diaryl/α,β-unsaturated/α-hetero) is 1. The zero-order valence-electron chi connectivity index (χ0n) is 5.27. The second kappa shape index (κ2) is 3.26. The summed E-state index contributed by atoms with van der Waals surface area (Å²) in [7, 11) is 0. The van der Waals surface area contributed by atoms with E-state index in [0.717, 1.165) is 6.42 Å². The minimum absolute atomic E-state index is 0.0417. The largest absolute Gasteiger partial charge is 0.285 e. The Kier molecular flexibility index (Phi) is 2.95. The van der Waals surface area contributed by atoms with Crippen molar-refractivity contribution in [2.45, 2.75) is 20.3 Å². The fourth-order valence-corrected chi connectivity index (χ4v) is 0.328. The minimum Gasteiger partial charge on any atom is -0.285 e. The third-order valence-electron chi connectivity index (χ3n) is 1.20. The molecule has 1 atom stereocenters. The van der Waals surface area contributed by atoms with Crippen molar-refractivity contribution in [3.8, 4) is 12.3 Å². The molecular weight excluding hydrogens is 100 g/mol. The van der Waals surface area contributed by atoms with Crippen LogP contribution in [0, 0.1) is 18.3 Å². The molecule has 0 aliphatic rings. The first-order valence-electron chi connectivity index (χ1n) is 2.72. The average Bonchev–Trinajstić information content (AvgIpc) is 1.84. The predicted octanol–water partition coefficient (Wildman–Crippen LogP) is 1.23. The predicted molar refractivity (Wildman–Crippen MR) is 33.3 cm³/mol. The lowest BCUT2D eigenvalue weighted by atomic mass is 10.1. The van der Waals surface area contributed by atoms with Crippen molar-refractivity contribution in [2.75, 3.05) is 0 Å². The van der Waals surface area contributed by atoms with Gasteiger partial charge in [-0.2, -0.15) is 0 Å². The molecule has 0 aromatic carbocycles. The third-order valence-corrected chi connectivity index (χ3v) is 1.20. The Morgan fingerprint density at radius 1 is 1.88 bits per heavy atom. The second-order valence-electron chi connectivity index (χ2n) is 1.82. The van der Waals surface area contributed by atoms with Gasteiger partial charge < -0.3 is 0 Å². The molecule has 0 fully saturated rings. The van der Waals surface area contributed by atoms with Gasteiger partial charge in [0.15, 0.2) is 0 Å². The highest BCUT2D eigenvalue weighted by molar-refractivity contribution is 5.96. The normalized spacial score (nSPS) is 12.1. The molecule has 1 heteroatoms. The minimum atomic E-state index is -0.0903. The van der Waals surface area contributed by atoms with Gasteiger partial charge in [0.25, 0.3) is 0 Å². The fourth-order valence-electron chi connectivity index (χ4n) is 0.328. The highest BCUT2D eigenvalue weighted by Gasteiger charge is 2.04. The van der Waals surface area contributed by atoms with Crippen molar-refractivity contribution in [3.63, 3.8) is 0 Å². The zero-order chi connectivity index (χ0) is 6.57. The number of rotatable bonds is 2. The summed E-state index contributed by atoms with van der Waals surface area (Å²) in [6, 6.07) is 0. The smallest absolute Gasteiger partial charge is 0.207 e. The first-order chi connectivity index (χ1) is 3.72. The Morgan fingerprint density at radius 2 is 2.38 bits per heavy atom. The van der Waals surface area contributed by atoms with Crippen molar-refractivity contribution in [3.05, 3.63) is 0 Å². The van der Waals surface area contributed by atoms with E-state index in [1.165, 1.54) is 0 Å². The molecule has 1 nitrogen and oxygen atoms in total. The van der Waals surface area contributed by atoms with Crippen molar-refractivity contribution < 1.29 is 4.79 Å². The quantitative estimate of drug-likeness (QED) is 0.386. The summed E-state index contributed by atoms with van der Waals surface area (Å²) in [6.45, 7) is 3.78. The maximum atomic E-state index is 10.5. The summed E-state index contributed by atoms with van der Waals surface area (Å²) in [4.78, 5) is 10.5. The lowest BCUT2D eigenvalue weighted by Gasteiger charge is -1.97. The molecule has 0 aromatic heterocycles. The van der Waals surface area contributed by atoms with Crippen molar-refractivity contribution in [2.24, 2.45) is 5.92 Å². The van der Waals surface area contributed by atoms with Crippen LogP contribution in [0.4, 0.5) is 0 Å². The van der Waals surface area contributed by atoms with Gasteiger partial charge in [0.05, 0.1) is 0 Å². The van der Waals surface area contributed by atoms with Crippen LogP contribution in [0.3, 0.4) is 0 Å². The lowest BCUT2D eigenvalue weighted by molar-refractivity contribution is -0.116. The fraction of sp³-hybridized carbons (Fsp3) is 0.571. The van der Waals surface area contributed by atoms with Crippen LogP contribution in [0.15, 0.2) is 0 Å². The molecule has 44 valence electrons. The molecule has 0 bridgehead atoms. The Balaban J connectivity index is 3.68. The van der Waals surface area contributed by atoms with Crippen molar-refractivity contribution in [1.29, 1.82) is 0 Å². The van der Waals surface area contributed by atoms with Gasteiger partial charge in [-0.25, -0.2) is 0 Å². The Hall–Kier alpha value is -0.770. The first-order valence-corrected chi connectivity index (χ1v) is 2.72. The van der Waals surface area contributed by atoms with Crippen LogP contribution in [-0.4, -0.2) is 5.78 Å². The summed E-state index contributed by atoms with van der Waals surface area (Å²) in [5, 5.41) is 0. The zero-order valence-corrected chi connectivity index (χ0v) is 5.27. The summed E-state index contributed by atoms with van der Waals surface area (Å²) in [5.41, 5.74) is 0. The summed E-state index contributed by atoms with van der Waals surface area (Å²) in [6.07, 6.45) is 5.69. The van der Waals surface area contributed by atoms with Gasteiger partial charge in [0, 0.05) is 5.92 Å². The van der Waals surface area contributed by atoms with Crippen molar-refractivity contribution >= 4 is 5.78 Å². The molecule has 0 saturated heterocycles. The van der Waals surface area contributed by atoms with E-state index in [0.29, 0.717) is 0 Å². The summed E-state index contributed by atoms with van der Waals surface area (Å²) >= 11 is 0. The molecule has 0 heterocycles. The van der Waals surface area contributed by atoms with Crippen molar-refractivity contribution in [1.82, 2.24) is 0 Å². The SMILES string of the molecule is C#CC(=O)[C@@H](C)CC. The van der Waals surface area contributed by atoms with E-state index in [1.54, 1.807) is 0 Å².